The SMILES string of the molecule is COC(=O)Cn1cccc1C[N+](C)(C)C. The summed E-state index contributed by atoms with van der Waals surface area (Å²) >= 11 is 0. The third-order valence-corrected chi connectivity index (χ3v) is 2.09. The zero-order valence-electron chi connectivity index (χ0n) is 9.86. The number of aromatic nitrogens is 1. The van der Waals surface area contributed by atoms with Crippen LogP contribution in [0.15, 0.2) is 18.3 Å². The minimum atomic E-state index is -0.214. The fourth-order valence-electron chi connectivity index (χ4n) is 1.44. The molecule has 0 bridgehead atoms. The van der Waals surface area contributed by atoms with E-state index in [2.05, 4.69) is 25.9 Å². The average Bonchev–Trinajstić information content (AvgIpc) is 2.50. The molecule has 0 radical (unpaired) electrons. The van der Waals surface area contributed by atoms with Crippen LogP contribution in [0.2, 0.25) is 0 Å². The first-order valence-electron chi connectivity index (χ1n) is 4.93. The van der Waals surface area contributed by atoms with Crippen molar-refractivity contribution in [3.8, 4) is 0 Å². The van der Waals surface area contributed by atoms with Gasteiger partial charge in [-0.15, -0.1) is 0 Å². The molecule has 84 valence electrons. The fourth-order valence-corrected chi connectivity index (χ4v) is 1.44. The van der Waals surface area contributed by atoms with Crippen LogP contribution in [-0.2, 0) is 22.6 Å². The monoisotopic (exact) mass is 211 g/mol. The predicted octanol–water partition coefficient (Wildman–Crippen LogP) is 0.867. The van der Waals surface area contributed by atoms with E-state index < -0.39 is 0 Å². The van der Waals surface area contributed by atoms with E-state index in [1.807, 2.05) is 22.9 Å². The van der Waals surface area contributed by atoms with Crippen LogP contribution in [0.3, 0.4) is 0 Å². The molecule has 0 aliphatic carbocycles. The Labute approximate surface area is 90.7 Å². The van der Waals surface area contributed by atoms with Gasteiger partial charge in [0.1, 0.15) is 13.1 Å². The molecule has 0 saturated heterocycles. The molecule has 1 aromatic heterocycles. The molecule has 1 heterocycles. The Morgan fingerprint density at radius 3 is 2.67 bits per heavy atom. The Bertz CT molecular complexity index is 337. The number of carbonyl (C=O) groups is 1. The van der Waals surface area contributed by atoms with Gasteiger partial charge in [0, 0.05) is 6.20 Å². The molecule has 1 rings (SSSR count). The first-order chi connectivity index (χ1) is 6.92. The van der Waals surface area contributed by atoms with Gasteiger partial charge in [-0.25, -0.2) is 0 Å². The van der Waals surface area contributed by atoms with Crippen LogP contribution in [0.4, 0.5) is 0 Å². The Morgan fingerprint density at radius 1 is 1.47 bits per heavy atom. The Hall–Kier alpha value is -1.29. The number of ether oxygens (including phenoxy) is 1. The van der Waals surface area contributed by atoms with Crippen molar-refractivity contribution in [1.29, 1.82) is 0 Å². The maximum atomic E-state index is 11.1. The van der Waals surface area contributed by atoms with Crippen molar-refractivity contribution in [1.82, 2.24) is 4.57 Å². The molecular formula is C11H19N2O2+. The van der Waals surface area contributed by atoms with Crippen LogP contribution < -0.4 is 0 Å². The highest BCUT2D eigenvalue weighted by Gasteiger charge is 2.13. The van der Waals surface area contributed by atoms with Crippen LogP contribution in [-0.4, -0.2) is 43.3 Å². The lowest BCUT2D eigenvalue weighted by Gasteiger charge is -2.24. The van der Waals surface area contributed by atoms with Gasteiger partial charge in [0.25, 0.3) is 0 Å². The normalized spacial score (nSPS) is 11.5. The van der Waals surface area contributed by atoms with Crippen LogP contribution >= 0.6 is 0 Å². The van der Waals surface area contributed by atoms with E-state index in [1.54, 1.807) is 0 Å². The Balaban J connectivity index is 2.74. The molecule has 0 N–H and O–H groups in total. The van der Waals surface area contributed by atoms with Gasteiger partial charge < -0.3 is 13.8 Å². The number of methoxy groups -OCH3 is 1. The Morgan fingerprint density at radius 2 is 2.13 bits per heavy atom. The molecule has 4 nitrogen and oxygen atoms in total. The van der Waals surface area contributed by atoms with Crippen LogP contribution in [0.1, 0.15) is 5.69 Å². The summed E-state index contributed by atoms with van der Waals surface area (Å²) in [5.41, 5.74) is 1.15. The van der Waals surface area contributed by atoms with Gasteiger partial charge in [-0.2, -0.15) is 0 Å². The maximum absolute atomic E-state index is 11.1. The average molecular weight is 211 g/mol. The molecule has 0 unspecified atom stereocenters. The van der Waals surface area contributed by atoms with Gasteiger partial charge in [0.15, 0.2) is 0 Å². The van der Waals surface area contributed by atoms with Crippen molar-refractivity contribution in [3.63, 3.8) is 0 Å². The summed E-state index contributed by atoms with van der Waals surface area (Å²) < 4.78 is 7.41. The summed E-state index contributed by atoms with van der Waals surface area (Å²) in [5, 5.41) is 0. The largest absolute Gasteiger partial charge is 0.468 e. The number of rotatable bonds is 4. The maximum Gasteiger partial charge on any atom is 0.325 e. The molecule has 0 atom stereocenters. The van der Waals surface area contributed by atoms with Gasteiger partial charge in [-0.3, -0.25) is 4.79 Å². The first-order valence-corrected chi connectivity index (χ1v) is 4.93. The molecule has 4 heteroatoms. The van der Waals surface area contributed by atoms with Gasteiger partial charge in [0.05, 0.1) is 33.9 Å². The topological polar surface area (TPSA) is 31.2 Å². The highest BCUT2D eigenvalue weighted by Crippen LogP contribution is 2.08. The number of carbonyl (C=O) groups excluding carboxylic acids is 1. The number of quaternary nitrogens is 1. The third-order valence-electron chi connectivity index (χ3n) is 2.09. The smallest absolute Gasteiger partial charge is 0.325 e. The molecule has 0 fully saturated rings. The van der Waals surface area contributed by atoms with E-state index in [4.69, 9.17) is 0 Å². The molecule has 0 aliphatic rings. The van der Waals surface area contributed by atoms with Crippen molar-refractivity contribution in [2.75, 3.05) is 28.3 Å². The molecule has 15 heavy (non-hydrogen) atoms. The summed E-state index contributed by atoms with van der Waals surface area (Å²) in [5.74, 6) is -0.214. The second kappa shape index (κ2) is 4.49. The summed E-state index contributed by atoms with van der Waals surface area (Å²) in [4.78, 5) is 11.1. The van der Waals surface area contributed by atoms with E-state index in [0.29, 0.717) is 6.54 Å². The highest BCUT2D eigenvalue weighted by atomic mass is 16.5. The van der Waals surface area contributed by atoms with Crippen LogP contribution in [0.5, 0.6) is 0 Å². The molecule has 0 spiro atoms. The number of esters is 1. The quantitative estimate of drug-likeness (QED) is 0.546. The highest BCUT2D eigenvalue weighted by molar-refractivity contribution is 5.69. The first kappa shape index (κ1) is 11.8. The fraction of sp³-hybridized carbons (Fsp3) is 0.545. The second-order valence-corrected chi connectivity index (χ2v) is 4.65. The summed E-state index contributed by atoms with van der Waals surface area (Å²) in [6, 6.07) is 3.99. The molecule has 0 aromatic carbocycles. The molecule has 0 amide bonds. The third kappa shape index (κ3) is 3.75. The second-order valence-electron chi connectivity index (χ2n) is 4.65. The summed E-state index contributed by atoms with van der Waals surface area (Å²) in [6.07, 6.45) is 1.90. The number of nitrogens with zero attached hydrogens (tertiary/aromatic N) is 2. The van der Waals surface area contributed by atoms with Gasteiger partial charge in [-0.1, -0.05) is 0 Å². The van der Waals surface area contributed by atoms with Crippen molar-refractivity contribution >= 4 is 5.97 Å². The van der Waals surface area contributed by atoms with Crippen molar-refractivity contribution in [2.45, 2.75) is 13.1 Å². The lowest BCUT2D eigenvalue weighted by atomic mass is 10.3. The number of hydrogen-bond donors (Lipinski definition) is 0. The zero-order valence-corrected chi connectivity index (χ0v) is 9.86. The van der Waals surface area contributed by atoms with E-state index in [1.165, 1.54) is 7.11 Å². The van der Waals surface area contributed by atoms with Crippen molar-refractivity contribution < 1.29 is 14.0 Å². The summed E-state index contributed by atoms with van der Waals surface area (Å²) in [7, 11) is 7.77. The van der Waals surface area contributed by atoms with Gasteiger partial charge in [-0.05, 0) is 12.1 Å². The summed E-state index contributed by atoms with van der Waals surface area (Å²) in [6.45, 7) is 1.18. The predicted molar refractivity (Wildman–Crippen MR) is 58.2 cm³/mol. The lowest BCUT2D eigenvalue weighted by molar-refractivity contribution is -0.884. The van der Waals surface area contributed by atoms with Gasteiger partial charge in [0.2, 0.25) is 0 Å². The van der Waals surface area contributed by atoms with Crippen molar-refractivity contribution in [2.24, 2.45) is 0 Å². The minimum absolute atomic E-state index is 0.214. The van der Waals surface area contributed by atoms with Crippen molar-refractivity contribution in [3.05, 3.63) is 24.0 Å². The lowest BCUT2D eigenvalue weighted by Crippen LogP contribution is -2.34. The standard InChI is InChI=1S/C11H19N2O2/c1-13(2,3)9-10-6-5-7-12(10)8-11(14)15-4/h5-7H,8-9H2,1-4H3/q+1. The molecule has 0 saturated carbocycles. The van der Waals surface area contributed by atoms with Crippen LogP contribution in [0, 0.1) is 0 Å². The molecule has 1 aromatic rings. The molecule has 0 aliphatic heterocycles. The van der Waals surface area contributed by atoms with Crippen LogP contribution in [0.25, 0.3) is 0 Å². The zero-order chi connectivity index (χ0) is 11.5. The Kier molecular flexibility index (Phi) is 3.52. The van der Waals surface area contributed by atoms with E-state index in [0.717, 1.165) is 16.7 Å². The van der Waals surface area contributed by atoms with E-state index >= 15 is 0 Å². The van der Waals surface area contributed by atoms with E-state index in [-0.39, 0.29) is 5.97 Å². The molecular weight excluding hydrogens is 192 g/mol. The van der Waals surface area contributed by atoms with E-state index in [9.17, 15) is 4.79 Å². The number of hydrogen-bond acceptors (Lipinski definition) is 2. The minimum Gasteiger partial charge on any atom is -0.468 e. The van der Waals surface area contributed by atoms with Gasteiger partial charge >= 0.3 is 5.97 Å².